The number of hydrogen-bond acceptors (Lipinski definition) is 6. The molecule has 0 fully saturated rings. The highest BCUT2D eigenvalue weighted by molar-refractivity contribution is 7.26. The van der Waals surface area contributed by atoms with Crippen molar-refractivity contribution in [2.75, 3.05) is 0 Å². The molecule has 0 spiro atoms. The second kappa shape index (κ2) is 10.4. The first-order chi connectivity index (χ1) is 25.8. The minimum Gasteiger partial charge on any atom is -0.455 e. The molecule has 0 radical (unpaired) electrons. The van der Waals surface area contributed by atoms with Crippen LogP contribution in [0.3, 0.4) is 0 Å². The molecule has 7 heteroatoms. The van der Waals surface area contributed by atoms with Crippen molar-refractivity contribution >= 4 is 97.2 Å². The van der Waals surface area contributed by atoms with Gasteiger partial charge in [0, 0.05) is 52.7 Å². The zero-order valence-corrected chi connectivity index (χ0v) is 28.2. The number of para-hydroxylation sites is 4. The summed E-state index contributed by atoms with van der Waals surface area (Å²) >= 11 is 1.76. The smallest absolute Gasteiger partial charge is 0.238 e. The first-order valence-electron chi connectivity index (χ1n) is 17.2. The highest BCUT2D eigenvalue weighted by Gasteiger charge is 2.23. The number of fused-ring (bicyclic) bond motifs is 13. The molecule has 0 aliphatic carbocycles. The van der Waals surface area contributed by atoms with Crippen molar-refractivity contribution in [3.8, 4) is 28.7 Å². The van der Waals surface area contributed by atoms with Gasteiger partial charge in [-0.2, -0.15) is 9.97 Å². The van der Waals surface area contributed by atoms with Gasteiger partial charge in [-0.1, -0.05) is 97.1 Å². The third-order valence-electron chi connectivity index (χ3n) is 10.3. The van der Waals surface area contributed by atoms with Crippen LogP contribution in [0.15, 0.2) is 154 Å². The normalized spacial score (nSPS) is 12.2. The fourth-order valence-corrected chi connectivity index (χ4v) is 9.21. The lowest BCUT2D eigenvalue weighted by Gasteiger charge is -2.11. The quantitative estimate of drug-likeness (QED) is 0.185. The Morgan fingerprint density at radius 2 is 1.02 bits per heavy atom. The van der Waals surface area contributed by atoms with E-state index in [-0.39, 0.29) is 0 Å². The molecule has 5 aromatic heterocycles. The summed E-state index contributed by atoms with van der Waals surface area (Å²) in [5, 5.41) is 8.75. The molecule has 7 aromatic carbocycles. The van der Waals surface area contributed by atoms with Gasteiger partial charge < -0.3 is 8.83 Å². The fraction of sp³-hybridized carbons (Fsp3) is 0. The second-order valence-electron chi connectivity index (χ2n) is 13.1. The van der Waals surface area contributed by atoms with E-state index in [2.05, 4.69) is 108 Å². The van der Waals surface area contributed by atoms with Crippen LogP contribution in [-0.2, 0) is 0 Å². The zero-order chi connectivity index (χ0) is 33.9. The van der Waals surface area contributed by atoms with Crippen molar-refractivity contribution in [3.63, 3.8) is 0 Å². The number of nitrogens with zero attached hydrogens (tertiary/aromatic N) is 4. The van der Waals surface area contributed by atoms with Crippen molar-refractivity contribution in [1.82, 2.24) is 19.5 Å². The van der Waals surface area contributed by atoms with Gasteiger partial charge in [0.25, 0.3) is 0 Å². The fourth-order valence-electron chi connectivity index (χ4n) is 8.00. The Morgan fingerprint density at radius 1 is 0.423 bits per heavy atom. The standard InChI is InChI=1S/C45H24N4O2S/c1-5-19-34-31(14-1)39-35(24-23-29-26-12-3-7-21-37(26)51-41(29)39)49(34)45-47-43(32-17-9-15-28-25-11-2-6-20-36(25)50-40(28)32)46-44(48-45)33-18-10-16-30-27-13-4-8-22-38(27)52-42(30)33/h1-24H. The number of benzene rings is 7. The van der Waals surface area contributed by atoms with Crippen LogP contribution in [0.4, 0.5) is 0 Å². The van der Waals surface area contributed by atoms with E-state index < -0.39 is 0 Å². The lowest BCUT2D eigenvalue weighted by molar-refractivity contribution is 0.669. The lowest BCUT2D eigenvalue weighted by atomic mass is 10.1. The average molecular weight is 685 g/mol. The van der Waals surface area contributed by atoms with Gasteiger partial charge in [-0.05, 0) is 48.5 Å². The van der Waals surface area contributed by atoms with E-state index in [0.717, 1.165) is 81.5 Å². The second-order valence-corrected chi connectivity index (χ2v) is 14.2. The Bertz CT molecular complexity index is 3310. The largest absolute Gasteiger partial charge is 0.455 e. The average Bonchev–Trinajstić information content (AvgIpc) is 3.96. The number of thiophene rings is 1. The van der Waals surface area contributed by atoms with Gasteiger partial charge in [0.2, 0.25) is 5.95 Å². The van der Waals surface area contributed by atoms with Gasteiger partial charge >= 0.3 is 0 Å². The third kappa shape index (κ3) is 3.80. The molecule has 0 bridgehead atoms. The Hall–Kier alpha value is -6.83. The molecule has 52 heavy (non-hydrogen) atoms. The Labute approximate surface area is 298 Å². The summed E-state index contributed by atoms with van der Waals surface area (Å²) in [6.07, 6.45) is 0. The maximum Gasteiger partial charge on any atom is 0.238 e. The molecule has 0 saturated heterocycles. The molecule has 242 valence electrons. The molecule has 0 aliphatic heterocycles. The minimum atomic E-state index is 0.521. The third-order valence-corrected chi connectivity index (χ3v) is 11.5. The summed E-state index contributed by atoms with van der Waals surface area (Å²) in [6.45, 7) is 0. The number of rotatable bonds is 3. The Morgan fingerprint density at radius 3 is 1.83 bits per heavy atom. The molecule has 0 N–H and O–H groups in total. The van der Waals surface area contributed by atoms with E-state index in [1.54, 1.807) is 11.3 Å². The summed E-state index contributed by atoms with van der Waals surface area (Å²) in [4.78, 5) is 15.9. The molecule has 0 unspecified atom stereocenters. The first kappa shape index (κ1) is 27.9. The van der Waals surface area contributed by atoms with Crippen molar-refractivity contribution in [2.24, 2.45) is 0 Å². The van der Waals surface area contributed by atoms with Gasteiger partial charge in [0.05, 0.1) is 22.0 Å². The molecule has 5 heterocycles. The summed E-state index contributed by atoms with van der Waals surface area (Å²) < 4.78 is 17.6. The van der Waals surface area contributed by atoms with Gasteiger partial charge in [0.1, 0.15) is 22.3 Å². The van der Waals surface area contributed by atoms with E-state index in [9.17, 15) is 0 Å². The summed E-state index contributed by atoms with van der Waals surface area (Å²) in [5.41, 5.74) is 6.99. The molecule has 12 rings (SSSR count). The van der Waals surface area contributed by atoms with Crippen molar-refractivity contribution in [3.05, 3.63) is 146 Å². The Kier molecular flexibility index (Phi) is 5.56. The van der Waals surface area contributed by atoms with Gasteiger partial charge in [-0.25, -0.2) is 4.98 Å². The van der Waals surface area contributed by atoms with Gasteiger partial charge in [0.15, 0.2) is 11.6 Å². The number of hydrogen-bond donors (Lipinski definition) is 0. The van der Waals surface area contributed by atoms with Crippen molar-refractivity contribution in [2.45, 2.75) is 0 Å². The maximum atomic E-state index is 6.59. The van der Waals surface area contributed by atoms with Crippen LogP contribution in [-0.4, -0.2) is 19.5 Å². The molecule has 12 aromatic rings. The van der Waals surface area contributed by atoms with Crippen LogP contribution >= 0.6 is 11.3 Å². The van der Waals surface area contributed by atoms with Gasteiger partial charge in [-0.15, -0.1) is 11.3 Å². The van der Waals surface area contributed by atoms with Gasteiger partial charge in [-0.3, -0.25) is 4.57 Å². The monoisotopic (exact) mass is 684 g/mol. The predicted molar refractivity (Wildman–Crippen MR) is 212 cm³/mol. The number of aromatic nitrogens is 4. The zero-order valence-electron chi connectivity index (χ0n) is 27.4. The first-order valence-corrected chi connectivity index (χ1v) is 18.0. The SMILES string of the molecule is c1ccc2c(c1)oc1c(-c3nc(-c4cccc5c4sc4ccccc45)nc(-n4c5ccccc5c5c6oc7ccccc7c6ccc54)n3)cccc12. The molecular weight excluding hydrogens is 661 g/mol. The van der Waals surface area contributed by atoms with Crippen LogP contribution in [0.2, 0.25) is 0 Å². The molecule has 6 nitrogen and oxygen atoms in total. The highest BCUT2D eigenvalue weighted by atomic mass is 32.1. The highest BCUT2D eigenvalue weighted by Crippen LogP contribution is 2.43. The maximum absolute atomic E-state index is 6.59. The lowest BCUT2D eigenvalue weighted by Crippen LogP contribution is -2.06. The predicted octanol–water partition coefficient (Wildman–Crippen LogP) is 12.5. The van der Waals surface area contributed by atoms with E-state index in [1.807, 2.05) is 42.5 Å². The van der Waals surface area contributed by atoms with E-state index in [4.69, 9.17) is 23.8 Å². The van der Waals surface area contributed by atoms with Crippen LogP contribution < -0.4 is 0 Å². The number of furan rings is 2. The van der Waals surface area contributed by atoms with Crippen LogP contribution in [0.5, 0.6) is 0 Å². The van der Waals surface area contributed by atoms with Crippen LogP contribution in [0, 0.1) is 0 Å². The summed E-state index contributed by atoms with van der Waals surface area (Å²) in [5.74, 6) is 1.66. The molecular formula is C45H24N4O2S. The minimum absolute atomic E-state index is 0.521. The molecule has 0 atom stereocenters. The topological polar surface area (TPSA) is 69.9 Å². The molecule has 0 amide bonds. The van der Waals surface area contributed by atoms with Crippen molar-refractivity contribution < 1.29 is 8.83 Å². The van der Waals surface area contributed by atoms with E-state index in [0.29, 0.717) is 17.6 Å². The molecule has 0 aliphatic rings. The summed E-state index contributed by atoms with van der Waals surface area (Å²) in [6, 6.07) is 50.2. The van der Waals surface area contributed by atoms with E-state index >= 15 is 0 Å². The van der Waals surface area contributed by atoms with Crippen molar-refractivity contribution in [1.29, 1.82) is 0 Å². The summed E-state index contributed by atoms with van der Waals surface area (Å²) in [7, 11) is 0. The van der Waals surface area contributed by atoms with Crippen LogP contribution in [0.25, 0.3) is 115 Å². The van der Waals surface area contributed by atoms with Crippen LogP contribution in [0.1, 0.15) is 0 Å². The molecule has 0 saturated carbocycles. The van der Waals surface area contributed by atoms with E-state index in [1.165, 1.54) is 15.5 Å². The Balaban J connectivity index is 1.20.